The monoisotopic (exact) mass is 277 g/mol. The van der Waals surface area contributed by atoms with Crippen molar-refractivity contribution in [3.63, 3.8) is 0 Å². The van der Waals surface area contributed by atoms with Crippen LogP contribution in [0.3, 0.4) is 0 Å². The van der Waals surface area contributed by atoms with Crippen LogP contribution < -0.4 is 9.47 Å². The summed E-state index contributed by atoms with van der Waals surface area (Å²) in [6.07, 6.45) is 0.629. The maximum atomic E-state index is 8.25. The van der Waals surface area contributed by atoms with Gasteiger partial charge in [0.15, 0.2) is 11.5 Å². The van der Waals surface area contributed by atoms with Gasteiger partial charge >= 0.3 is 0 Å². The Hall–Kier alpha value is -1.75. The first-order chi connectivity index (χ1) is 9.63. The molecule has 5 heteroatoms. The van der Waals surface area contributed by atoms with E-state index in [2.05, 4.69) is 16.8 Å². The normalized spacial score (nSPS) is 16.1. The quantitative estimate of drug-likeness (QED) is 0.669. The first-order valence-corrected chi connectivity index (χ1v) is 6.86. The summed E-state index contributed by atoms with van der Waals surface area (Å²) in [5, 5.41) is 8.25. The Morgan fingerprint density at radius 1 is 1.10 bits per heavy atom. The van der Waals surface area contributed by atoms with Crippen LogP contribution in [0, 0.1) is 5.41 Å². The number of ether oxygens (including phenoxy) is 2. The first-order valence-electron chi connectivity index (χ1n) is 6.86. The lowest BCUT2D eigenvalue weighted by atomic mass is 10.1. The standard InChI is InChI=1S/C15H23N3O2/c1-17-6-8-18(9-7-17)15(16)11-12-4-5-13(19-2)14(10-12)20-3/h4-5,10,16H,6-9,11H2,1-3H3. The number of methoxy groups -OCH3 is 2. The van der Waals surface area contributed by atoms with Gasteiger partial charge in [0.1, 0.15) is 5.84 Å². The van der Waals surface area contributed by atoms with Gasteiger partial charge in [-0.25, -0.2) is 0 Å². The first kappa shape index (κ1) is 14.7. The van der Waals surface area contributed by atoms with Gasteiger partial charge in [-0.1, -0.05) is 6.07 Å². The number of amidine groups is 1. The Balaban J connectivity index is 2.00. The molecule has 0 spiro atoms. The average Bonchev–Trinajstić information content (AvgIpc) is 2.47. The molecule has 1 saturated heterocycles. The third kappa shape index (κ3) is 3.42. The molecule has 20 heavy (non-hydrogen) atoms. The van der Waals surface area contributed by atoms with Crippen LogP contribution in [0.5, 0.6) is 11.5 Å². The number of piperazine rings is 1. The van der Waals surface area contributed by atoms with Gasteiger partial charge in [-0.15, -0.1) is 0 Å². The number of nitrogens with one attached hydrogen (secondary N) is 1. The van der Waals surface area contributed by atoms with Crippen LogP contribution in [0.1, 0.15) is 5.56 Å². The van der Waals surface area contributed by atoms with Crippen molar-refractivity contribution in [1.82, 2.24) is 9.80 Å². The predicted octanol–water partition coefficient (Wildman–Crippen LogP) is 1.47. The van der Waals surface area contributed by atoms with Gasteiger partial charge < -0.3 is 19.3 Å². The second kappa shape index (κ2) is 6.61. The molecule has 5 nitrogen and oxygen atoms in total. The molecule has 0 aromatic heterocycles. The predicted molar refractivity (Wildman–Crippen MR) is 80.0 cm³/mol. The highest BCUT2D eigenvalue weighted by Crippen LogP contribution is 2.27. The lowest BCUT2D eigenvalue weighted by Crippen LogP contribution is -2.47. The van der Waals surface area contributed by atoms with Crippen molar-refractivity contribution in [2.45, 2.75) is 6.42 Å². The zero-order valence-corrected chi connectivity index (χ0v) is 12.5. The van der Waals surface area contributed by atoms with E-state index in [4.69, 9.17) is 14.9 Å². The van der Waals surface area contributed by atoms with Crippen molar-refractivity contribution in [1.29, 1.82) is 5.41 Å². The Bertz CT molecular complexity index is 468. The minimum atomic E-state index is 0.629. The molecule has 1 N–H and O–H groups in total. The summed E-state index contributed by atoms with van der Waals surface area (Å²) in [6, 6.07) is 5.83. The number of benzene rings is 1. The van der Waals surface area contributed by atoms with Gasteiger partial charge in [-0.2, -0.15) is 0 Å². The molecule has 0 aliphatic carbocycles. The molecule has 0 unspecified atom stereocenters. The fourth-order valence-corrected chi connectivity index (χ4v) is 2.37. The van der Waals surface area contributed by atoms with Gasteiger partial charge in [0, 0.05) is 32.6 Å². The molecule has 110 valence electrons. The fraction of sp³-hybridized carbons (Fsp3) is 0.533. The second-order valence-electron chi connectivity index (χ2n) is 5.10. The molecular formula is C15H23N3O2. The molecule has 1 fully saturated rings. The van der Waals surface area contributed by atoms with E-state index >= 15 is 0 Å². The molecular weight excluding hydrogens is 254 g/mol. The number of hydrogen-bond donors (Lipinski definition) is 1. The van der Waals surface area contributed by atoms with Crippen molar-refractivity contribution >= 4 is 5.84 Å². The summed E-state index contributed by atoms with van der Waals surface area (Å²) in [5.41, 5.74) is 1.08. The molecule has 1 aromatic rings. The van der Waals surface area contributed by atoms with Crippen molar-refractivity contribution in [2.24, 2.45) is 0 Å². The van der Waals surface area contributed by atoms with E-state index < -0.39 is 0 Å². The van der Waals surface area contributed by atoms with E-state index in [9.17, 15) is 0 Å². The Kier molecular flexibility index (Phi) is 4.84. The minimum Gasteiger partial charge on any atom is -0.493 e. The highest BCUT2D eigenvalue weighted by molar-refractivity contribution is 5.81. The van der Waals surface area contributed by atoms with Crippen LogP contribution in [0.15, 0.2) is 18.2 Å². The van der Waals surface area contributed by atoms with Crippen LogP contribution in [0.2, 0.25) is 0 Å². The Labute approximate surface area is 120 Å². The average molecular weight is 277 g/mol. The molecule has 0 saturated carbocycles. The molecule has 0 bridgehead atoms. The summed E-state index contributed by atoms with van der Waals surface area (Å²) in [5.74, 6) is 2.11. The zero-order valence-electron chi connectivity index (χ0n) is 12.5. The molecule has 0 atom stereocenters. The highest BCUT2D eigenvalue weighted by Gasteiger charge is 2.17. The van der Waals surface area contributed by atoms with Crippen molar-refractivity contribution in [3.05, 3.63) is 23.8 Å². The van der Waals surface area contributed by atoms with Crippen LogP contribution in [-0.4, -0.2) is 63.1 Å². The van der Waals surface area contributed by atoms with Crippen molar-refractivity contribution < 1.29 is 9.47 Å². The smallest absolute Gasteiger partial charge is 0.161 e. The molecule has 2 rings (SSSR count). The Morgan fingerprint density at radius 2 is 1.75 bits per heavy atom. The lowest BCUT2D eigenvalue weighted by molar-refractivity contribution is 0.213. The summed E-state index contributed by atoms with van der Waals surface area (Å²) < 4.78 is 10.5. The molecule has 0 radical (unpaired) electrons. The van der Waals surface area contributed by atoms with Gasteiger partial charge in [0.05, 0.1) is 14.2 Å². The highest BCUT2D eigenvalue weighted by atomic mass is 16.5. The summed E-state index contributed by atoms with van der Waals surface area (Å²) >= 11 is 0. The molecule has 1 aliphatic rings. The third-order valence-electron chi connectivity index (χ3n) is 3.70. The van der Waals surface area contributed by atoms with E-state index in [-0.39, 0.29) is 0 Å². The maximum absolute atomic E-state index is 8.25. The number of hydrogen-bond acceptors (Lipinski definition) is 4. The SMILES string of the molecule is COc1ccc(CC(=N)N2CCN(C)CC2)cc1OC. The van der Waals surface area contributed by atoms with E-state index in [0.29, 0.717) is 12.3 Å². The van der Waals surface area contributed by atoms with Gasteiger partial charge in [-0.05, 0) is 24.7 Å². The molecule has 1 aliphatic heterocycles. The number of nitrogens with zero attached hydrogens (tertiary/aromatic N) is 2. The van der Waals surface area contributed by atoms with Crippen LogP contribution in [0.25, 0.3) is 0 Å². The van der Waals surface area contributed by atoms with Gasteiger partial charge in [-0.3, -0.25) is 5.41 Å². The van der Waals surface area contributed by atoms with Gasteiger partial charge in [0.2, 0.25) is 0 Å². The zero-order chi connectivity index (χ0) is 14.5. The molecule has 0 amide bonds. The fourth-order valence-electron chi connectivity index (χ4n) is 2.37. The van der Waals surface area contributed by atoms with E-state index in [1.54, 1.807) is 14.2 Å². The largest absolute Gasteiger partial charge is 0.493 e. The second-order valence-corrected chi connectivity index (χ2v) is 5.10. The molecule has 1 heterocycles. The maximum Gasteiger partial charge on any atom is 0.161 e. The van der Waals surface area contributed by atoms with Crippen molar-refractivity contribution in [2.75, 3.05) is 47.4 Å². The van der Waals surface area contributed by atoms with Crippen LogP contribution in [-0.2, 0) is 6.42 Å². The van der Waals surface area contributed by atoms with Crippen LogP contribution in [0.4, 0.5) is 0 Å². The summed E-state index contributed by atoms with van der Waals surface area (Å²) in [4.78, 5) is 4.44. The third-order valence-corrected chi connectivity index (χ3v) is 3.70. The van der Waals surface area contributed by atoms with Crippen LogP contribution >= 0.6 is 0 Å². The van der Waals surface area contributed by atoms with E-state index in [1.165, 1.54) is 0 Å². The number of rotatable bonds is 4. The Morgan fingerprint density at radius 3 is 2.35 bits per heavy atom. The lowest BCUT2D eigenvalue weighted by Gasteiger charge is -2.34. The summed E-state index contributed by atoms with van der Waals surface area (Å²) in [7, 11) is 5.38. The minimum absolute atomic E-state index is 0.629. The molecule has 1 aromatic carbocycles. The van der Waals surface area contributed by atoms with Gasteiger partial charge in [0.25, 0.3) is 0 Å². The van der Waals surface area contributed by atoms with E-state index in [1.807, 2.05) is 18.2 Å². The summed E-state index contributed by atoms with van der Waals surface area (Å²) in [6.45, 7) is 3.91. The number of likely N-dealkylation sites (N-methyl/N-ethyl adjacent to an activating group) is 1. The van der Waals surface area contributed by atoms with E-state index in [0.717, 1.165) is 43.2 Å². The van der Waals surface area contributed by atoms with Crippen molar-refractivity contribution in [3.8, 4) is 11.5 Å². The topological polar surface area (TPSA) is 48.8 Å².